The van der Waals surface area contributed by atoms with Gasteiger partial charge in [-0.2, -0.15) is 0 Å². The fraction of sp³-hybridized carbons (Fsp3) is 0.368. The molecule has 0 bridgehead atoms. The van der Waals surface area contributed by atoms with Crippen LogP contribution in [0.25, 0.3) is 6.08 Å². The molecule has 1 aliphatic heterocycles. The number of amides is 1. The second-order valence-electron chi connectivity index (χ2n) is 6.15. The number of hydrogen-bond donors (Lipinski definition) is 0. The molecule has 4 nitrogen and oxygen atoms in total. The van der Waals surface area contributed by atoms with Crippen LogP contribution in [0.1, 0.15) is 21.8 Å². The third-order valence-corrected chi connectivity index (χ3v) is 5.15. The Labute approximate surface area is 147 Å². The molecule has 24 heavy (non-hydrogen) atoms. The minimum Gasteiger partial charge on any atom is -0.337 e. The van der Waals surface area contributed by atoms with Crippen molar-refractivity contribution in [1.29, 1.82) is 0 Å². The molecule has 1 aromatic carbocycles. The van der Waals surface area contributed by atoms with Crippen LogP contribution < -0.4 is 0 Å². The number of carbonyl (C=O) groups is 1. The normalized spacial score (nSPS) is 16.0. The van der Waals surface area contributed by atoms with Crippen molar-refractivity contribution in [2.75, 3.05) is 26.2 Å². The highest BCUT2D eigenvalue weighted by atomic mass is 32.1. The summed E-state index contributed by atoms with van der Waals surface area (Å²) >= 11 is 1.69. The number of benzene rings is 1. The number of piperazine rings is 1. The number of hydrogen-bond acceptors (Lipinski definition) is 4. The molecule has 0 saturated carbocycles. The zero-order valence-electron chi connectivity index (χ0n) is 14.2. The molecule has 1 amide bonds. The van der Waals surface area contributed by atoms with Crippen LogP contribution >= 0.6 is 11.3 Å². The standard InChI is InChI=1S/C19H23N3OS/c1-15-5-3-4-6-17(15)7-8-19(23)22-11-9-21(10-12-22)13-18-14-24-16(2)20-18/h3-8,14H,9-13H2,1-2H3/b8-7+. The number of nitrogens with zero attached hydrogens (tertiary/aromatic N) is 3. The third kappa shape index (κ3) is 4.30. The second-order valence-corrected chi connectivity index (χ2v) is 7.21. The maximum Gasteiger partial charge on any atom is 0.246 e. The van der Waals surface area contributed by atoms with Crippen LogP contribution in [0.5, 0.6) is 0 Å². The first-order valence-electron chi connectivity index (χ1n) is 8.28. The van der Waals surface area contributed by atoms with Crippen LogP contribution in [0.3, 0.4) is 0 Å². The van der Waals surface area contributed by atoms with Crippen molar-refractivity contribution in [1.82, 2.24) is 14.8 Å². The van der Waals surface area contributed by atoms with Crippen molar-refractivity contribution >= 4 is 23.3 Å². The van der Waals surface area contributed by atoms with E-state index < -0.39 is 0 Å². The molecule has 2 heterocycles. The first kappa shape index (κ1) is 16.9. The highest BCUT2D eigenvalue weighted by molar-refractivity contribution is 7.09. The van der Waals surface area contributed by atoms with E-state index in [2.05, 4.69) is 28.3 Å². The van der Waals surface area contributed by atoms with Crippen LogP contribution in [0, 0.1) is 13.8 Å². The van der Waals surface area contributed by atoms with Gasteiger partial charge in [-0.1, -0.05) is 24.3 Å². The third-order valence-electron chi connectivity index (χ3n) is 4.33. The van der Waals surface area contributed by atoms with Gasteiger partial charge in [0, 0.05) is 44.2 Å². The highest BCUT2D eigenvalue weighted by Gasteiger charge is 2.20. The lowest BCUT2D eigenvalue weighted by Gasteiger charge is -2.33. The van der Waals surface area contributed by atoms with Crippen molar-refractivity contribution in [3.63, 3.8) is 0 Å². The molecule has 1 aliphatic rings. The molecular formula is C19H23N3OS. The van der Waals surface area contributed by atoms with Gasteiger partial charge in [0.25, 0.3) is 0 Å². The highest BCUT2D eigenvalue weighted by Crippen LogP contribution is 2.13. The predicted molar refractivity (Wildman–Crippen MR) is 98.9 cm³/mol. The van der Waals surface area contributed by atoms with Crippen LogP contribution in [0.2, 0.25) is 0 Å². The van der Waals surface area contributed by atoms with Gasteiger partial charge in [0.15, 0.2) is 0 Å². The Morgan fingerprint density at radius 1 is 1.21 bits per heavy atom. The van der Waals surface area contributed by atoms with Crippen molar-refractivity contribution in [2.24, 2.45) is 0 Å². The average molecular weight is 341 g/mol. The molecule has 0 unspecified atom stereocenters. The maximum atomic E-state index is 12.4. The van der Waals surface area contributed by atoms with Gasteiger partial charge in [-0.15, -0.1) is 11.3 Å². The lowest BCUT2D eigenvalue weighted by Crippen LogP contribution is -2.47. The van der Waals surface area contributed by atoms with E-state index in [0.717, 1.165) is 49.0 Å². The van der Waals surface area contributed by atoms with Crippen molar-refractivity contribution < 1.29 is 4.79 Å². The van der Waals surface area contributed by atoms with Crippen molar-refractivity contribution in [2.45, 2.75) is 20.4 Å². The molecule has 3 rings (SSSR count). The molecular weight excluding hydrogens is 318 g/mol. The molecule has 0 N–H and O–H groups in total. The van der Waals surface area contributed by atoms with Gasteiger partial charge in [0.05, 0.1) is 10.7 Å². The summed E-state index contributed by atoms with van der Waals surface area (Å²) in [5, 5.41) is 3.23. The average Bonchev–Trinajstić information content (AvgIpc) is 2.99. The minimum absolute atomic E-state index is 0.0994. The summed E-state index contributed by atoms with van der Waals surface area (Å²) in [6.07, 6.45) is 3.61. The Kier molecular flexibility index (Phi) is 5.43. The molecule has 0 radical (unpaired) electrons. The fourth-order valence-corrected chi connectivity index (χ4v) is 3.48. The van der Waals surface area contributed by atoms with E-state index in [1.807, 2.05) is 36.1 Å². The first-order valence-corrected chi connectivity index (χ1v) is 9.16. The molecule has 1 aromatic heterocycles. The molecule has 2 aromatic rings. The molecule has 0 spiro atoms. The predicted octanol–water partition coefficient (Wildman–Crippen LogP) is 3.12. The number of aryl methyl sites for hydroxylation is 2. The summed E-state index contributed by atoms with van der Waals surface area (Å²) in [7, 11) is 0. The Hall–Kier alpha value is -1.98. The van der Waals surface area contributed by atoms with E-state index in [4.69, 9.17) is 0 Å². The Morgan fingerprint density at radius 2 is 1.96 bits per heavy atom. The van der Waals surface area contributed by atoms with Crippen LogP contribution in [-0.4, -0.2) is 46.9 Å². The molecule has 5 heteroatoms. The van der Waals surface area contributed by atoms with Gasteiger partial charge in [0.1, 0.15) is 0 Å². The number of carbonyl (C=O) groups excluding carboxylic acids is 1. The SMILES string of the molecule is Cc1nc(CN2CCN(C(=O)/C=C/c3ccccc3C)CC2)cs1. The fourth-order valence-electron chi connectivity index (χ4n) is 2.88. The van der Waals surface area contributed by atoms with Gasteiger partial charge in [0.2, 0.25) is 5.91 Å². The van der Waals surface area contributed by atoms with E-state index >= 15 is 0 Å². The molecule has 1 saturated heterocycles. The second kappa shape index (κ2) is 7.73. The lowest BCUT2D eigenvalue weighted by molar-refractivity contribution is -0.127. The summed E-state index contributed by atoms with van der Waals surface area (Å²) < 4.78 is 0. The van der Waals surface area contributed by atoms with Crippen LogP contribution in [0.4, 0.5) is 0 Å². The summed E-state index contributed by atoms with van der Waals surface area (Å²) in [5.41, 5.74) is 3.42. The Bertz CT molecular complexity index is 730. The quantitative estimate of drug-likeness (QED) is 0.802. The van der Waals surface area contributed by atoms with E-state index in [0.29, 0.717) is 0 Å². The number of aromatic nitrogens is 1. The van der Waals surface area contributed by atoms with E-state index in [1.54, 1.807) is 17.4 Å². The lowest BCUT2D eigenvalue weighted by atomic mass is 10.1. The molecule has 0 aliphatic carbocycles. The van der Waals surface area contributed by atoms with Crippen LogP contribution in [0.15, 0.2) is 35.7 Å². The van der Waals surface area contributed by atoms with Crippen molar-refractivity contribution in [3.8, 4) is 0 Å². The zero-order valence-corrected chi connectivity index (χ0v) is 15.1. The zero-order chi connectivity index (χ0) is 16.9. The summed E-state index contributed by atoms with van der Waals surface area (Å²) in [4.78, 5) is 21.2. The number of thiazole rings is 1. The topological polar surface area (TPSA) is 36.4 Å². The molecule has 126 valence electrons. The van der Waals surface area contributed by atoms with Gasteiger partial charge in [-0.3, -0.25) is 9.69 Å². The summed E-state index contributed by atoms with van der Waals surface area (Å²) in [6, 6.07) is 8.10. The molecule has 1 fully saturated rings. The van der Waals surface area contributed by atoms with E-state index in [9.17, 15) is 4.79 Å². The summed E-state index contributed by atoms with van der Waals surface area (Å²) in [5.74, 6) is 0.0994. The molecule has 0 atom stereocenters. The minimum atomic E-state index is 0.0994. The monoisotopic (exact) mass is 341 g/mol. The van der Waals surface area contributed by atoms with Crippen molar-refractivity contribution in [3.05, 3.63) is 57.6 Å². The Balaban J connectivity index is 1.51. The van der Waals surface area contributed by atoms with E-state index in [1.165, 1.54) is 5.56 Å². The largest absolute Gasteiger partial charge is 0.337 e. The Morgan fingerprint density at radius 3 is 2.62 bits per heavy atom. The van der Waals surface area contributed by atoms with E-state index in [-0.39, 0.29) is 5.91 Å². The maximum absolute atomic E-state index is 12.4. The van der Waals surface area contributed by atoms with Gasteiger partial charge in [-0.25, -0.2) is 4.98 Å². The van der Waals surface area contributed by atoms with Gasteiger partial charge < -0.3 is 4.90 Å². The van der Waals surface area contributed by atoms with Crippen LogP contribution in [-0.2, 0) is 11.3 Å². The number of rotatable bonds is 4. The van der Waals surface area contributed by atoms with Gasteiger partial charge >= 0.3 is 0 Å². The smallest absolute Gasteiger partial charge is 0.246 e. The first-order chi connectivity index (χ1) is 11.6. The summed E-state index contributed by atoms with van der Waals surface area (Å²) in [6.45, 7) is 8.33. The van der Waals surface area contributed by atoms with Gasteiger partial charge in [-0.05, 0) is 31.1 Å².